The molecule has 0 spiro atoms. The van der Waals surface area contributed by atoms with Gasteiger partial charge in [-0.05, 0) is 39.7 Å². The van der Waals surface area contributed by atoms with Crippen LogP contribution in [0.2, 0.25) is 0 Å². The Morgan fingerprint density at radius 1 is 1.36 bits per heavy atom. The van der Waals surface area contributed by atoms with Gasteiger partial charge in [0.1, 0.15) is 0 Å². The molecule has 1 aliphatic carbocycles. The minimum Gasteiger partial charge on any atom is -0.462 e. The molecule has 120 valence electrons. The number of amides is 1. The molecule has 1 aromatic rings. The zero-order chi connectivity index (χ0) is 15.9. The van der Waals surface area contributed by atoms with E-state index in [9.17, 15) is 9.59 Å². The van der Waals surface area contributed by atoms with Gasteiger partial charge in [0.25, 0.3) is 0 Å². The van der Waals surface area contributed by atoms with Crippen LogP contribution in [0.1, 0.15) is 54.0 Å². The second-order valence-corrected chi connectivity index (χ2v) is 6.49. The number of hydrogen-bond donors (Lipinski definition) is 0. The maximum atomic E-state index is 12.3. The summed E-state index contributed by atoms with van der Waals surface area (Å²) in [5.74, 6) is 0.0289. The highest BCUT2D eigenvalue weighted by atomic mass is 16.5. The third kappa shape index (κ3) is 2.76. The fourth-order valence-corrected chi connectivity index (χ4v) is 3.42. The highest BCUT2D eigenvalue weighted by Gasteiger charge is 2.31. The molecule has 0 aromatic carbocycles. The predicted molar refractivity (Wildman–Crippen MR) is 82.8 cm³/mol. The van der Waals surface area contributed by atoms with Crippen molar-refractivity contribution in [3.8, 4) is 0 Å². The Kier molecular flexibility index (Phi) is 3.98. The summed E-state index contributed by atoms with van der Waals surface area (Å²) < 4.78 is 7.72. The van der Waals surface area contributed by atoms with E-state index in [0.717, 1.165) is 17.9 Å². The Morgan fingerprint density at radius 2 is 2.09 bits per heavy atom. The molecule has 0 bridgehead atoms. The standard InChI is InChI=1S/C17H24N2O3/c1-4-18-9-13(8-16(18)20)10-22-17(21)15-7-11(2)19(12(15)3)14-5-6-14/h7,13-14H,4-6,8-10H2,1-3H3. The van der Waals surface area contributed by atoms with Gasteiger partial charge in [-0.3, -0.25) is 4.79 Å². The minimum absolute atomic E-state index is 0.128. The van der Waals surface area contributed by atoms with Crippen molar-refractivity contribution in [3.63, 3.8) is 0 Å². The maximum absolute atomic E-state index is 12.3. The average Bonchev–Trinajstić information content (AvgIpc) is 3.18. The summed E-state index contributed by atoms with van der Waals surface area (Å²) in [6.07, 6.45) is 2.88. The van der Waals surface area contributed by atoms with E-state index < -0.39 is 0 Å². The van der Waals surface area contributed by atoms with Crippen LogP contribution in [0.25, 0.3) is 0 Å². The molecule has 1 atom stereocenters. The van der Waals surface area contributed by atoms with Crippen LogP contribution < -0.4 is 0 Å². The van der Waals surface area contributed by atoms with Gasteiger partial charge in [-0.25, -0.2) is 4.79 Å². The number of aromatic nitrogens is 1. The molecule has 2 fully saturated rings. The van der Waals surface area contributed by atoms with Gasteiger partial charge in [0.05, 0.1) is 12.2 Å². The van der Waals surface area contributed by atoms with E-state index in [1.807, 2.05) is 31.7 Å². The van der Waals surface area contributed by atoms with Gasteiger partial charge in [0.2, 0.25) is 5.91 Å². The molecule has 1 aliphatic heterocycles. The molecule has 1 saturated heterocycles. The van der Waals surface area contributed by atoms with E-state index in [1.165, 1.54) is 12.8 Å². The first-order chi connectivity index (χ1) is 10.5. The Balaban J connectivity index is 1.61. The lowest BCUT2D eigenvalue weighted by Gasteiger charge is -2.13. The van der Waals surface area contributed by atoms with Gasteiger partial charge in [-0.15, -0.1) is 0 Å². The molecule has 22 heavy (non-hydrogen) atoms. The molecule has 0 radical (unpaired) electrons. The molecule has 0 N–H and O–H groups in total. The van der Waals surface area contributed by atoms with Crippen LogP contribution in [-0.2, 0) is 9.53 Å². The first kappa shape index (κ1) is 15.1. The van der Waals surface area contributed by atoms with Gasteiger partial charge >= 0.3 is 5.97 Å². The number of rotatable bonds is 5. The molecule has 5 heteroatoms. The Bertz CT molecular complexity index is 601. The second-order valence-electron chi connectivity index (χ2n) is 6.49. The lowest BCUT2D eigenvalue weighted by atomic mass is 10.1. The van der Waals surface area contributed by atoms with E-state index >= 15 is 0 Å². The summed E-state index contributed by atoms with van der Waals surface area (Å²) >= 11 is 0. The molecule has 2 heterocycles. The first-order valence-corrected chi connectivity index (χ1v) is 8.14. The molecule has 3 rings (SSSR count). The topological polar surface area (TPSA) is 51.5 Å². The minimum atomic E-state index is -0.262. The van der Waals surface area contributed by atoms with Crippen LogP contribution in [0.5, 0.6) is 0 Å². The van der Waals surface area contributed by atoms with Crippen molar-refractivity contribution < 1.29 is 14.3 Å². The normalized spacial score (nSPS) is 21.5. The van der Waals surface area contributed by atoms with Gasteiger partial charge in [0.15, 0.2) is 0 Å². The van der Waals surface area contributed by atoms with Crippen LogP contribution in [-0.4, -0.2) is 41.0 Å². The van der Waals surface area contributed by atoms with E-state index in [0.29, 0.717) is 31.2 Å². The smallest absolute Gasteiger partial charge is 0.339 e. The van der Waals surface area contributed by atoms with Crippen molar-refractivity contribution in [2.75, 3.05) is 19.7 Å². The number of hydrogen-bond acceptors (Lipinski definition) is 3. The van der Waals surface area contributed by atoms with Gasteiger partial charge < -0.3 is 14.2 Å². The van der Waals surface area contributed by atoms with E-state index in [4.69, 9.17) is 4.74 Å². The molecular formula is C17H24N2O3. The predicted octanol–water partition coefficient (Wildman–Crippen LogP) is 2.47. The van der Waals surface area contributed by atoms with Crippen LogP contribution in [0, 0.1) is 19.8 Å². The molecule has 5 nitrogen and oxygen atoms in total. The molecule has 1 saturated carbocycles. The summed E-state index contributed by atoms with van der Waals surface area (Å²) in [4.78, 5) is 25.8. The summed E-state index contributed by atoms with van der Waals surface area (Å²) in [5, 5.41) is 0. The number of likely N-dealkylation sites (tertiary alicyclic amines) is 1. The zero-order valence-electron chi connectivity index (χ0n) is 13.6. The third-order valence-corrected chi connectivity index (χ3v) is 4.74. The summed E-state index contributed by atoms with van der Waals surface area (Å²) in [5.41, 5.74) is 2.80. The fourth-order valence-electron chi connectivity index (χ4n) is 3.42. The van der Waals surface area contributed by atoms with E-state index in [1.54, 1.807) is 0 Å². The Morgan fingerprint density at radius 3 is 2.68 bits per heavy atom. The second kappa shape index (κ2) is 5.78. The SMILES string of the molecule is CCN1CC(COC(=O)c2cc(C)n(C3CC3)c2C)CC1=O. The van der Waals surface area contributed by atoms with E-state index in [-0.39, 0.29) is 17.8 Å². The highest BCUT2D eigenvalue weighted by Crippen LogP contribution is 2.38. The quantitative estimate of drug-likeness (QED) is 0.785. The average molecular weight is 304 g/mol. The molecular weight excluding hydrogens is 280 g/mol. The van der Waals surface area contributed by atoms with Crippen molar-refractivity contribution >= 4 is 11.9 Å². The summed E-state index contributed by atoms with van der Waals surface area (Å²) in [6.45, 7) is 7.75. The number of carbonyl (C=O) groups is 2. The lowest BCUT2D eigenvalue weighted by Crippen LogP contribution is -2.25. The maximum Gasteiger partial charge on any atom is 0.339 e. The largest absolute Gasteiger partial charge is 0.462 e. The van der Waals surface area contributed by atoms with Crippen LogP contribution in [0.3, 0.4) is 0 Å². The Hall–Kier alpha value is -1.78. The summed E-state index contributed by atoms with van der Waals surface area (Å²) in [6, 6.07) is 2.49. The number of esters is 1. The van der Waals surface area contributed by atoms with Crippen LogP contribution >= 0.6 is 0 Å². The monoisotopic (exact) mass is 304 g/mol. The molecule has 2 aliphatic rings. The highest BCUT2D eigenvalue weighted by molar-refractivity contribution is 5.91. The number of nitrogens with zero attached hydrogens (tertiary/aromatic N) is 2. The van der Waals surface area contributed by atoms with Crippen molar-refractivity contribution in [1.29, 1.82) is 0 Å². The lowest BCUT2D eigenvalue weighted by molar-refractivity contribution is -0.127. The van der Waals surface area contributed by atoms with Crippen molar-refractivity contribution in [3.05, 3.63) is 23.0 Å². The fraction of sp³-hybridized carbons (Fsp3) is 0.647. The van der Waals surface area contributed by atoms with Gasteiger partial charge in [-0.1, -0.05) is 0 Å². The van der Waals surface area contributed by atoms with Crippen LogP contribution in [0.15, 0.2) is 6.07 Å². The van der Waals surface area contributed by atoms with Crippen molar-refractivity contribution in [2.24, 2.45) is 5.92 Å². The van der Waals surface area contributed by atoms with E-state index in [2.05, 4.69) is 4.57 Å². The van der Waals surface area contributed by atoms with Crippen LogP contribution in [0.4, 0.5) is 0 Å². The Labute approximate surface area is 131 Å². The molecule has 1 amide bonds. The van der Waals surface area contributed by atoms with Crippen molar-refractivity contribution in [1.82, 2.24) is 9.47 Å². The van der Waals surface area contributed by atoms with Crippen molar-refractivity contribution in [2.45, 2.75) is 46.1 Å². The molecule has 1 aromatic heterocycles. The first-order valence-electron chi connectivity index (χ1n) is 8.14. The zero-order valence-corrected chi connectivity index (χ0v) is 13.6. The van der Waals surface area contributed by atoms with Gasteiger partial charge in [-0.2, -0.15) is 0 Å². The number of carbonyl (C=O) groups excluding carboxylic acids is 2. The molecule has 1 unspecified atom stereocenters. The third-order valence-electron chi connectivity index (χ3n) is 4.74. The number of aryl methyl sites for hydroxylation is 1. The number of ether oxygens (including phenoxy) is 1. The van der Waals surface area contributed by atoms with Gasteiger partial charge in [0, 0.05) is 42.9 Å². The summed E-state index contributed by atoms with van der Waals surface area (Å²) in [7, 11) is 0.